The Morgan fingerprint density at radius 1 is 1.14 bits per heavy atom. The van der Waals surface area contributed by atoms with Gasteiger partial charge in [0.2, 0.25) is 5.95 Å². The van der Waals surface area contributed by atoms with Crippen LogP contribution in [-0.2, 0) is 0 Å². The number of rotatable bonds is 4. The third-order valence-electron chi connectivity index (χ3n) is 3.07. The molecule has 0 aliphatic heterocycles. The molecule has 0 radical (unpaired) electrons. The first-order valence-electron chi connectivity index (χ1n) is 6.27. The van der Waals surface area contributed by atoms with E-state index in [2.05, 4.69) is 20.3 Å². The number of aromatic nitrogens is 3. The van der Waals surface area contributed by atoms with Crippen molar-refractivity contribution in [2.24, 2.45) is 0 Å². The maximum absolute atomic E-state index is 11.9. The molecule has 3 rings (SSSR count). The molecule has 0 unspecified atom stereocenters. The fourth-order valence-corrected chi connectivity index (χ4v) is 2.06. The molecule has 3 N–H and O–H groups in total. The SMILES string of the molecule is COc1ccc(Nc2nc3[nH]ccc3c(=O)[nH]2)cc1OC. The zero-order valence-electron chi connectivity index (χ0n) is 11.6. The summed E-state index contributed by atoms with van der Waals surface area (Å²) in [6.07, 6.45) is 1.67. The van der Waals surface area contributed by atoms with Gasteiger partial charge in [-0.1, -0.05) is 0 Å². The van der Waals surface area contributed by atoms with E-state index in [1.54, 1.807) is 44.7 Å². The lowest BCUT2D eigenvalue weighted by Gasteiger charge is -2.10. The Labute approximate surface area is 119 Å². The Morgan fingerprint density at radius 2 is 1.95 bits per heavy atom. The van der Waals surface area contributed by atoms with Crippen LogP contribution < -0.4 is 20.3 Å². The summed E-state index contributed by atoms with van der Waals surface area (Å²) in [6, 6.07) is 7.02. The second-order valence-electron chi connectivity index (χ2n) is 4.35. The van der Waals surface area contributed by atoms with Gasteiger partial charge in [-0.05, 0) is 18.2 Å². The lowest BCUT2D eigenvalue weighted by molar-refractivity contribution is 0.355. The average molecular weight is 286 g/mol. The second-order valence-corrected chi connectivity index (χ2v) is 4.35. The third kappa shape index (κ3) is 2.40. The number of ether oxygens (including phenoxy) is 2. The van der Waals surface area contributed by atoms with Crippen LogP contribution in [0.2, 0.25) is 0 Å². The third-order valence-corrected chi connectivity index (χ3v) is 3.07. The first-order valence-corrected chi connectivity index (χ1v) is 6.27. The van der Waals surface area contributed by atoms with Crippen molar-refractivity contribution in [3.05, 3.63) is 40.8 Å². The normalized spacial score (nSPS) is 10.6. The maximum atomic E-state index is 11.9. The monoisotopic (exact) mass is 286 g/mol. The van der Waals surface area contributed by atoms with Crippen LogP contribution in [0.3, 0.4) is 0 Å². The van der Waals surface area contributed by atoms with Gasteiger partial charge < -0.3 is 19.8 Å². The molecule has 108 valence electrons. The molecule has 0 saturated carbocycles. The topological polar surface area (TPSA) is 92.0 Å². The fourth-order valence-electron chi connectivity index (χ4n) is 2.06. The van der Waals surface area contributed by atoms with E-state index >= 15 is 0 Å². The first kappa shape index (κ1) is 13.0. The number of anilines is 2. The largest absolute Gasteiger partial charge is 0.493 e. The molecular formula is C14H14N4O3. The Hall–Kier alpha value is -2.96. The van der Waals surface area contributed by atoms with Gasteiger partial charge in [0.15, 0.2) is 11.5 Å². The van der Waals surface area contributed by atoms with Crippen LogP contribution in [0.25, 0.3) is 11.0 Å². The second kappa shape index (κ2) is 5.20. The van der Waals surface area contributed by atoms with E-state index in [9.17, 15) is 4.79 Å². The van der Waals surface area contributed by atoms with Crippen LogP contribution >= 0.6 is 0 Å². The highest BCUT2D eigenvalue weighted by Crippen LogP contribution is 2.30. The molecule has 2 aromatic heterocycles. The van der Waals surface area contributed by atoms with Crippen molar-refractivity contribution in [3.8, 4) is 11.5 Å². The zero-order valence-corrected chi connectivity index (χ0v) is 11.6. The molecule has 0 aliphatic rings. The fraction of sp³-hybridized carbons (Fsp3) is 0.143. The first-order chi connectivity index (χ1) is 10.2. The number of nitrogens with one attached hydrogen (secondary N) is 3. The summed E-state index contributed by atoms with van der Waals surface area (Å²) in [6.45, 7) is 0. The number of methoxy groups -OCH3 is 2. The Kier molecular flexibility index (Phi) is 3.23. The van der Waals surface area contributed by atoms with Crippen molar-refractivity contribution in [1.29, 1.82) is 0 Å². The Bertz CT molecular complexity index is 838. The molecule has 0 bridgehead atoms. The van der Waals surface area contributed by atoms with Crippen molar-refractivity contribution < 1.29 is 9.47 Å². The van der Waals surface area contributed by atoms with Crippen LogP contribution in [0, 0.1) is 0 Å². The molecule has 0 amide bonds. The summed E-state index contributed by atoms with van der Waals surface area (Å²) in [5, 5.41) is 3.55. The molecule has 1 aromatic carbocycles. The molecule has 0 atom stereocenters. The van der Waals surface area contributed by atoms with Crippen LogP contribution in [0.1, 0.15) is 0 Å². The highest BCUT2D eigenvalue weighted by molar-refractivity contribution is 5.75. The minimum Gasteiger partial charge on any atom is -0.493 e. The number of H-pyrrole nitrogens is 2. The van der Waals surface area contributed by atoms with Gasteiger partial charge in [0, 0.05) is 18.0 Å². The van der Waals surface area contributed by atoms with Gasteiger partial charge in [0.05, 0.1) is 19.6 Å². The number of hydrogen-bond donors (Lipinski definition) is 3. The van der Waals surface area contributed by atoms with E-state index in [1.807, 2.05) is 0 Å². The zero-order chi connectivity index (χ0) is 14.8. The molecule has 21 heavy (non-hydrogen) atoms. The van der Waals surface area contributed by atoms with E-state index < -0.39 is 0 Å². The van der Waals surface area contributed by atoms with Gasteiger partial charge in [0.1, 0.15) is 5.65 Å². The van der Waals surface area contributed by atoms with Crippen molar-refractivity contribution in [1.82, 2.24) is 15.0 Å². The van der Waals surface area contributed by atoms with E-state index in [0.717, 1.165) is 5.69 Å². The van der Waals surface area contributed by atoms with E-state index in [0.29, 0.717) is 28.5 Å². The molecule has 0 spiro atoms. The molecule has 0 aliphatic carbocycles. The number of benzene rings is 1. The van der Waals surface area contributed by atoms with E-state index in [4.69, 9.17) is 9.47 Å². The minimum absolute atomic E-state index is 0.204. The molecule has 0 fully saturated rings. The summed E-state index contributed by atoms with van der Waals surface area (Å²) in [4.78, 5) is 21.8. The van der Waals surface area contributed by atoms with Gasteiger partial charge in [-0.2, -0.15) is 4.98 Å². The van der Waals surface area contributed by atoms with Crippen LogP contribution in [-0.4, -0.2) is 29.2 Å². The smallest absolute Gasteiger partial charge is 0.261 e. The molecule has 7 heteroatoms. The van der Waals surface area contributed by atoms with Gasteiger partial charge >= 0.3 is 0 Å². The van der Waals surface area contributed by atoms with Gasteiger partial charge in [-0.3, -0.25) is 9.78 Å². The molecular weight excluding hydrogens is 272 g/mol. The standard InChI is InChI=1S/C14H14N4O3/c1-20-10-4-3-8(7-11(10)21-2)16-14-17-12-9(5-6-15-12)13(19)18-14/h3-7H,1-2H3,(H3,15,16,17,18,19). The number of fused-ring (bicyclic) bond motifs is 1. The highest BCUT2D eigenvalue weighted by atomic mass is 16.5. The van der Waals surface area contributed by atoms with Gasteiger partial charge in [-0.15, -0.1) is 0 Å². The van der Waals surface area contributed by atoms with Crippen LogP contribution in [0.5, 0.6) is 11.5 Å². The summed E-state index contributed by atoms with van der Waals surface area (Å²) in [7, 11) is 3.13. The summed E-state index contributed by atoms with van der Waals surface area (Å²) in [5.74, 6) is 1.57. The lowest BCUT2D eigenvalue weighted by Crippen LogP contribution is -2.10. The van der Waals surface area contributed by atoms with E-state index in [-0.39, 0.29) is 5.56 Å². The molecule has 3 aromatic rings. The molecule has 7 nitrogen and oxygen atoms in total. The predicted molar refractivity (Wildman–Crippen MR) is 79.5 cm³/mol. The summed E-state index contributed by atoms with van der Waals surface area (Å²) in [5.41, 5.74) is 1.05. The summed E-state index contributed by atoms with van der Waals surface area (Å²) >= 11 is 0. The Balaban J connectivity index is 1.96. The highest BCUT2D eigenvalue weighted by Gasteiger charge is 2.07. The van der Waals surface area contributed by atoms with Crippen LogP contribution in [0.15, 0.2) is 35.3 Å². The molecule has 2 heterocycles. The van der Waals surface area contributed by atoms with Crippen molar-refractivity contribution in [2.45, 2.75) is 0 Å². The Morgan fingerprint density at radius 3 is 2.71 bits per heavy atom. The minimum atomic E-state index is -0.204. The summed E-state index contributed by atoms with van der Waals surface area (Å²) < 4.78 is 10.4. The molecule has 0 saturated heterocycles. The number of nitrogens with zero attached hydrogens (tertiary/aromatic N) is 1. The quantitative estimate of drug-likeness (QED) is 0.682. The lowest BCUT2D eigenvalue weighted by atomic mass is 10.3. The van der Waals surface area contributed by atoms with Crippen molar-refractivity contribution in [2.75, 3.05) is 19.5 Å². The van der Waals surface area contributed by atoms with Crippen molar-refractivity contribution in [3.63, 3.8) is 0 Å². The van der Waals surface area contributed by atoms with Gasteiger partial charge in [0.25, 0.3) is 5.56 Å². The maximum Gasteiger partial charge on any atom is 0.261 e. The van der Waals surface area contributed by atoms with Crippen molar-refractivity contribution >= 4 is 22.7 Å². The van der Waals surface area contributed by atoms with Crippen LogP contribution in [0.4, 0.5) is 11.6 Å². The number of hydrogen-bond acceptors (Lipinski definition) is 5. The van der Waals surface area contributed by atoms with Gasteiger partial charge in [-0.25, -0.2) is 0 Å². The number of aromatic amines is 2. The average Bonchev–Trinajstić information content (AvgIpc) is 2.96. The van der Waals surface area contributed by atoms with E-state index in [1.165, 1.54) is 0 Å². The predicted octanol–water partition coefficient (Wildman–Crippen LogP) is 2.01.